The zero-order valence-corrected chi connectivity index (χ0v) is 9.37. The van der Waals surface area contributed by atoms with Crippen LogP contribution in [0, 0.1) is 11.6 Å². The van der Waals surface area contributed by atoms with Crippen molar-refractivity contribution in [3.63, 3.8) is 0 Å². The van der Waals surface area contributed by atoms with Crippen molar-refractivity contribution in [2.75, 3.05) is 18.4 Å². The first-order valence-electron chi connectivity index (χ1n) is 4.63. The summed E-state index contributed by atoms with van der Waals surface area (Å²) in [6.45, 7) is 2.02. The maximum Gasteiger partial charge on any atom is 0.216 e. The third-order valence-electron chi connectivity index (χ3n) is 1.81. The van der Waals surface area contributed by atoms with Crippen molar-refractivity contribution >= 4 is 23.2 Å². The summed E-state index contributed by atoms with van der Waals surface area (Å²) in [5, 5.41) is 5.17. The third kappa shape index (κ3) is 3.66. The van der Waals surface area contributed by atoms with E-state index in [1.165, 1.54) is 6.92 Å². The van der Waals surface area contributed by atoms with Gasteiger partial charge in [-0.1, -0.05) is 11.6 Å². The van der Waals surface area contributed by atoms with Gasteiger partial charge in [0.2, 0.25) is 5.91 Å². The molecule has 0 atom stereocenters. The fourth-order valence-corrected chi connectivity index (χ4v) is 1.40. The number of amides is 1. The van der Waals surface area contributed by atoms with Crippen molar-refractivity contribution < 1.29 is 13.6 Å². The van der Waals surface area contributed by atoms with Crippen molar-refractivity contribution in [1.29, 1.82) is 0 Å². The summed E-state index contributed by atoms with van der Waals surface area (Å²) in [7, 11) is 0. The fourth-order valence-electron chi connectivity index (χ4n) is 1.14. The number of carbonyl (C=O) groups is 1. The van der Waals surface area contributed by atoms with Crippen LogP contribution in [-0.4, -0.2) is 19.0 Å². The number of benzene rings is 1. The number of rotatable bonds is 4. The Morgan fingerprint density at radius 2 is 2.06 bits per heavy atom. The van der Waals surface area contributed by atoms with Gasteiger partial charge >= 0.3 is 0 Å². The number of hydrogen-bond donors (Lipinski definition) is 2. The van der Waals surface area contributed by atoms with Gasteiger partial charge in [0.25, 0.3) is 0 Å². The van der Waals surface area contributed by atoms with Gasteiger partial charge in [0.1, 0.15) is 5.82 Å². The molecular formula is C10H11ClF2N2O. The van der Waals surface area contributed by atoms with Crippen LogP contribution in [0.3, 0.4) is 0 Å². The lowest BCUT2D eigenvalue weighted by Gasteiger charge is -2.09. The van der Waals surface area contributed by atoms with Crippen LogP contribution < -0.4 is 10.6 Å². The zero-order valence-electron chi connectivity index (χ0n) is 8.61. The highest BCUT2D eigenvalue weighted by Gasteiger charge is 2.08. The van der Waals surface area contributed by atoms with Crippen molar-refractivity contribution in [2.24, 2.45) is 0 Å². The predicted octanol–water partition coefficient (Wildman–Crippen LogP) is 2.17. The minimum Gasteiger partial charge on any atom is -0.380 e. The Hall–Kier alpha value is -1.36. The Labute approximate surface area is 96.8 Å². The van der Waals surface area contributed by atoms with Crippen molar-refractivity contribution in [2.45, 2.75) is 6.92 Å². The molecule has 16 heavy (non-hydrogen) atoms. The molecule has 2 N–H and O–H groups in total. The van der Waals surface area contributed by atoms with Gasteiger partial charge in [0.05, 0.1) is 10.7 Å². The van der Waals surface area contributed by atoms with Gasteiger partial charge in [-0.05, 0) is 6.07 Å². The molecule has 0 aliphatic heterocycles. The van der Waals surface area contributed by atoms with Gasteiger partial charge in [-0.15, -0.1) is 0 Å². The van der Waals surface area contributed by atoms with E-state index in [1.807, 2.05) is 0 Å². The summed E-state index contributed by atoms with van der Waals surface area (Å²) >= 11 is 5.65. The van der Waals surface area contributed by atoms with Crippen LogP contribution in [0.4, 0.5) is 14.5 Å². The molecule has 6 heteroatoms. The number of hydrogen-bond acceptors (Lipinski definition) is 2. The van der Waals surface area contributed by atoms with E-state index in [9.17, 15) is 13.6 Å². The van der Waals surface area contributed by atoms with Crippen molar-refractivity contribution in [1.82, 2.24) is 5.32 Å². The van der Waals surface area contributed by atoms with Gasteiger partial charge in [-0.25, -0.2) is 8.78 Å². The lowest BCUT2D eigenvalue weighted by Crippen LogP contribution is -2.26. The molecule has 0 aromatic heterocycles. The van der Waals surface area contributed by atoms with Crippen LogP contribution in [-0.2, 0) is 4.79 Å². The van der Waals surface area contributed by atoms with Gasteiger partial charge in [-0.3, -0.25) is 4.79 Å². The standard InChI is InChI=1S/C10H11ClF2N2O/c1-6(16)14-2-3-15-10-8(11)4-7(12)5-9(10)13/h4-5,15H,2-3H2,1H3,(H,14,16). The largest absolute Gasteiger partial charge is 0.380 e. The van der Waals surface area contributed by atoms with Crippen molar-refractivity contribution in [3.8, 4) is 0 Å². The second kappa shape index (κ2) is 5.65. The molecule has 0 heterocycles. The highest BCUT2D eigenvalue weighted by Crippen LogP contribution is 2.25. The molecule has 1 aromatic rings. The highest BCUT2D eigenvalue weighted by molar-refractivity contribution is 6.33. The Kier molecular flexibility index (Phi) is 4.49. The number of carbonyl (C=O) groups excluding carboxylic acids is 1. The first kappa shape index (κ1) is 12.7. The summed E-state index contributed by atoms with van der Waals surface area (Å²) in [4.78, 5) is 10.5. The first-order valence-corrected chi connectivity index (χ1v) is 5.01. The van der Waals surface area contributed by atoms with Gasteiger partial charge in [0.15, 0.2) is 5.82 Å². The van der Waals surface area contributed by atoms with E-state index in [0.29, 0.717) is 13.1 Å². The van der Waals surface area contributed by atoms with Gasteiger partial charge in [0, 0.05) is 26.1 Å². The molecule has 0 unspecified atom stereocenters. The maximum atomic E-state index is 13.2. The molecule has 0 radical (unpaired) electrons. The molecular weight excluding hydrogens is 238 g/mol. The molecule has 1 rings (SSSR count). The quantitative estimate of drug-likeness (QED) is 0.802. The topological polar surface area (TPSA) is 41.1 Å². The normalized spacial score (nSPS) is 10.0. The fraction of sp³-hybridized carbons (Fsp3) is 0.300. The number of nitrogens with one attached hydrogen (secondary N) is 2. The minimum absolute atomic E-state index is 0.0275. The first-order chi connectivity index (χ1) is 7.50. The van der Waals surface area contributed by atoms with Crippen LogP contribution >= 0.6 is 11.6 Å². The van der Waals surface area contributed by atoms with Crippen LogP contribution in [0.5, 0.6) is 0 Å². The van der Waals surface area contributed by atoms with E-state index < -0.39 is 11.6 Å². The molecule has 3 nitrogen and oxygen atoms in total. The third-order valence-corrected chi connectivity index (χ3v) is 2.11. The van der Waals surface area contributed by atoms with E-state index in [-0.39, 0.29) is 16.6 Å². The number of halogens is 3. The zero-order chi connectivity index (χ0) is 12.1. The Morgan fingerprint density at radius 3 is 2.62 bits per heavy atom. The lowest BCUT2D eigenvalue weighted by molar-refractivity contribution is -0.118. The summed E-state index contributed by atoms with van der Waals surface area (Å²) < 4.78 is 25.9. The van der Waals surface area contributed by atoms with Crippen molar-refractivity contribution in [3.05, 3.63) is 28.8 Å². The van der Waals surface area contributed by atoms with E-state index in [4.69, 9.17) is 11.6 Å². The van der Waals surface area contributed by atoms with E-state index in [2.05, 4.69) is 10.6 Å². The monoisotopic (exact) mass is 248 g/mol. The molecule has 1 aromatic carbocycles. The Balaban J connectivity index is 2.57. The Bertz CT molecular complexity index is 375. The SMILES string of the molecule is CC(=O)NCCNc1c(F)cc(F)cc1Cl. The van der Waals surface area contributed by atoms with Crippen LogP contribution in [0.15, 0.2) is 12.1 Å². The Morgan fingerprint density at radius 1 is 1.38 bits per heavy atom. The molecule has 0 aliphatic carbocycles. The summed E-state index contributed by atoms with van der Waals surface area (Å²) in [6.07, 6.45) is 0. The van der Waals surface area contributed by atoms with Gasteiger partial charge in [-0.2, -0.15) is 0 Å². The van der Waals surface area contributed by atoms with E-state index >= 15 is 0 Å². The van der Waals surface area contributed by atoms with Crippen LogP contribution in [0.2, 0.25) is 5.02 Å². The molecule has 0 fully saturated rings. The van der Waals surface area contributed by atoms with Gasteiger partial charge < -0.3 is 10.6 Å². The molecule has 0 spiro atoms. The maximum absolute atomic E-state index is 13.2. The molecule has 88 valence electrons. The summed E-state index contributed by atoms with van der Waals surface area (Å²) in [5.41, 5.74) is 0.0356. The van der Waals surface area contributed by atoms with Crippen LogP contribution in [0.25, 0.3) is 0 Å². The molecule has 0 aliphatic rings. The smallest absolute Gasteiger partial charge is 0.216 e. The molecule has 0 bridgehead atoms. The average Bonchev–Trinajstić information content (AvgIpc) is 2.14. The average molecular weight is 249 g/mol. The second-order valence-electron chi connectivity index (χ2n) is 3.15. The predicted molar refractivity (Wildman–Crippen MR) is 58.5 cm³/mol. The molecule has 1 amide bonds. The van der Waals surface area contributed by atoms with Crippen LogP contribution in [0.1, 0.15) is 6.92 Å². The van der Waals surface area contributed by atoms with E-state index in [0.717, 1.165) is 12.1 Å². The molecule has 0 saturated heterocycles. The lowest BCUT2D eigenvalue weighted by atomic mass is 10.3. The number of anilines is 1. The molecule has 0 saturated carbocycles. The summed E-state index contributed by atoms with van der Waals surface area (Å²) in [6, 6.07) is 1.76. The summed E-state index contributed by atoms with van der Waals surface area (Å²) in [5.74, 6) is -1.66. The second-order valence-corrected chi connectivity index (χ2v) is 3.56. The van der Waals surface area contributed by atoms with E-state index in [1.54, 1.807) is 0 Å². The minimum atomic E-state index is -0.757. The highest BCUT2D eigenvalue weighted by atomic mass is 35.5.